The first-order valence-electron chi connectivity index (χ1n) is 14.2. The van der Waals surface area contributed by atoms with Gasteiger partial charge >= 0.3 is 0 Å². The average molecular weight is 638 g/mol. The van der Waals surface area contributed by atoms with Crippen LogP contribution in [0.25, 0.3) is 11.1 Å². The molecule has 232 valence electrons. The number of amidine groups is 1. The quantitative estimate of drug-likeness (QED) is 0.196. The van der Waals surface area contributed by atoms with E-state index in [1.54, 1.807) is 23.6 Å². The van der Waals surface area contributed by atoms with Gasteiger partial charge in [-0.1, -0.05) is 38.1 Å². The van der Waals surface area contributed by atoms with Crippen LogP contribution in [0.4, 0.5) is 0 Å². The molecule has 2 atom stereocenters. The lowest BCUT2D eigenvalue weighted by Gasteiger charge is -2.24. The van der Waals surface area contributed by atoms with Crippen molar-refractivity contribution in [2.24, 2.45) is 5.73 Å². The number of hydrogen-bond donors (Lipinski definition) is 4. The van der Waals surface area contributed by atoms with E-state index in [0.717, 1.165) is 20.9 Å². The van der Waals surface area contributed by atoms with Crippen molar-refractivity contribution in [3.05, 3.63) is 76.0 Å². The van der Waals surface area contributed by atoms with Crippen LogP contribution < -0.4 is 16.4 Å². The highest BCUT2D eigenvalue weighted by atomic mass is 32.2. The minimum absolute atomic E-state index is 0.0316. The summed E-state index contributed by atoms with van der Waals surface area (Å²) in [4.78, 5) is 42.4. The molecule has 0 bridgehead atoms. The first kappa shape index (κ1) is 31.5. The maximum absolute atomic E-state index is 13.3. The van der Waals surface area contributed by atoms with Crippen molar-refractivity contribution < 1.29 is 28.1 Å². The highest BCUT2D eigenvalue weighted by Gasteiger charge is 2.52. The molecule has 1 aromatic heterocycles. The molecular weight excluding hydrogens is 603 g/mol. The van der Waals surface area contributed by atoms with Crippen molar-refractivity contribution in [2.75, 3.05) is 26.3 Å². The summed E-state index contributed by atoms with van der Waals surface area (Å²) in [6.45, 7) is 4.56. The molecule has 2 aliphatic rings. The number of nitrogens with one attached hydrogen (secondary N) is 3. The minimum atomic E-state index is -1.06. The topological polar surface area (TPSA) is 164 Å². The first-order chi connectivity index (χ1) is 21.0. The van der Waals surface area contributed by atoms with Crippen molar-refractivity contribution in [3.63, 3.8) is 0 Å². The number of thiophene rings is 1. The van der Waals surface area contributed by atoms with Gasteiger partial charge in [0.2, 0.25) is 11.8 Å². The predicted octanol–water partition coefficient (Wildman–Crippen LogP) is 2.61. The lowest BCUT2D eigenvalue weighted by Crippen LogP contribution is -2.49. The van der Waals surface area contributed by atoms with Crippen LogP contribution in [-0.4, -0.2) is 76.0 Å². The highest BCUT2D eigenvalue weighted by molar-refractivity contribution is 7.85. The molecule has 2 fully saturated rings. The van der Waals surface area contributed by atoms with Crippen molar-refractivity contribution >= 4 is 45.7 Å². The molecular formula is C31H35N5O6S2. The zero-order valence-corrected chi connectivity index (χ0v) is 26.1. The van der Waals surface area contributed by atoms with Crippen molar-refractivity contribution in [3.8, 4) is 11.1 Å². The van der Waals surface area contributed by atoms with Gasteiger partial charge in [0.15, 0.2) is 5.79 Å². The van der Waals surface area contributed by atoms with E-state index in [-0.39, 0.29) is 43.0 Å². The van der Waals surface area contributed by atoms with Crippen LogP contribution in [-0.2, 0) is 36.4 Å². The number of nitrogens with zero attached hydrogens (tertiary/aromatic N) is 1. The molecule has 2 aromatic carbocycles. The molecule has 0 saturated carbocycles. The van der Waals surface area contributed by atoms with E-state index in [4.69, 9.17) is 20.6 Å². The number of amides is 3. The van der Waals surface area contributed by atoms with Crippen LogP contribution in [0.1, 0.15) is 41.1 Å². The molecule has 0 aliphatic carbocycles. The van der Waals surface area contributed by atoms with Gasteiger partial charge in [0.05, 0.1) is 43.6 Å². The molecule has 2 aliphatic heterocycles. The summed E-state index contributed by atoms with van der Waals surface area (Å²) >= 11 is 1.38. The van der Waals surface area contributed by atoms with E-state index in [9.17, 15) is 18.6 Å². The SMILES string of the molecule is CC(C)S(=O)c1ccc(-c2ccc(C(=O)NCC(=O)N3CC4(CC3C(=O)NCc3cc(C(=N)N)cs3)OCCO4)cc2)cc1. The molecule has 3 amide bonds. The van der Waals surface area contributed by atoms with Crippen molar-refractivity contribution in [2.45, 2.75) is 48.8 Å². The Morgan fingerprint density at radius 1 is 1.05 bits per heavy atom. The van der Waals surface area contributed by atoms with Crippen molar-refractivity contribution in [1.82, 2.24) is 15.5 Å². The largest absolute Gasteiger partial charge is 0.384 e. The fraction of sp³-hybridized carbons (Fsp3) is 0.355. The third-order valence-electron chi connectivity index (χ3n) is 7.53. The van der Waals surface area contributed by atoms with Crippen LogP contribution >= 0.6 is 11.3 Å². The normalized spacial score (nSPS) is 18.0. The fourth-order valence-electron chi connectivity index (χ4n) is 5.18. The summed E-state index contributed by atoms with van der Waals surface area (Å²) in [5, 5.41) is 14.9. The second kappa shape index (κ2) is 13.4. The Morgan fingerprint density at radius 2 is 1.68 bits per heavy atom. The smallest absolute Gasteiger partial charge is 0.251 e. The third-order valence-corrected chi connectivity index (χ3v) is 10.1. The Balaban J connectivity index is 1.19. The number of hydrogen-bond acceptors (Lipinski definition) is 8. The zero-order valence-electron chi connectivity index (χ0n) is 24.5. The molecule has 5 rings (SSSR count). The average Bonchev–Trinajstić information content (AvgIpc) is 3.79. The summed E-state index contributed by atoms with van der Waals surface area (Å²) < 4.78 is 23.9. The fourth-order valence-corrected chi connectivity index (χ4v) is 6.95. The Labute approximate surface area is 262 Å². The lowest BCUT2D eigenvalue weighted by molar-refractivity contribution is -0.152. The molecule has 44 heavy (non-hydrogen) atoms. The van der Waals surface area contributed by atoms with Gasteiger partial charge in [-0.05, 0) is 41.5 Å². The summed E-state index contributed by atoms with van der Waals surface area (Å²) in [5.41, 5.74) is 8.33. The van der Waals surface area contributed by atoms with E-state index in [0.29, 0.717) is 24.3 Å². The van der Waals surface area contributed by atoms with Crippen LogP contribution in [0, 0.1) is 5.41 Å². The predicted molar refractivity (Wildman–Crippen MR) is 168 cm³/mol. The standard InChI is InChI=1S/C31H35N5O6S2/c1-19(2)44(40)25-9-7-21(8-10-25)20-3-5-22(6-4-20)29(38)35-16-27(37)36-18-31(41-11-12-42-31)14-26(36)30(39)34-15-24-13-23(17-43-24)28(32)33/h3-10,13,17,19,26H,11-12,14-16,18H2,1-2H3,(H3,32,33)(H,34,39)(H,35,38). The van der Waals surface area contributed by atoms with Crippen LogP contribution in [0.2, 0.25) is 0 Å². The van der Waals surface area contributed by atoms with Gasteiger partial charge < -0.3 is 30.7 Å². The maximum Gasteiger partial charge on any atom is 0.251 e. The highest BCUT2D eigenvalue weighted by Crippen LogP contribution is 2.35. The molecule has 13 heteroatoms. The maximum atomic E-state index is 13.3. The number of ether oxygens (including phenoxy) is 2. The summed E-state index contributed by atoms with van der Waals surface area (Å²) in [6, 6.07) is 15.4. The molecule has 2 unspecified atom stereocenters. The van der Waals surface area contributed by atoms with Gasteiger partial charge in [0.25, 0.3) is 5.91 Å². The number of benzene rings is 2. The number of likely N-dealkylation sites (tertiary alicyclic amines) is 1. The summed E-state index contributed by atoms with van der Waals surface area (Å²) in [5.74, 6) is -2.31. The van der Waals surface area contributed by atoms with E-state index in [1.807, 2.05) is 50.2 Å². The van der Waals surface area contributed by atoms with Gasteiger partial charge in [-0.15, -0.1) is 11.3 Å². The Bertz CT molecular complexity index is 1560. The molecule has 0 radical (unpaired) electrons. The second-order valence-corrected chi connectivity index (χ2v) is 13.9. The molecule has 1 spiro atoms. The van der Waals surface area contributed by atoms with Crippen LogP contribution in [0.3, 0.4) is 0 Å². The van der Waals surface area contributed by atoms with Crippen LogP contribution in [0.15, 0.2) is 64.9 Å². The number of carbonyl (C=O) groups excluding carboxylic acids is 3. The molecule has 11 nitrogen and oxygen atoms in total. The Hall–Kier alpha value is -3.91. The van der Waals surface area contributed by atoms with Crippen LogP contribution in [0.5, 0.6) is 0 Å². The molecule has 2 saturated heterocycles. The Morgan fingerprint density at radius 3 is 2.27 bits per heavy atom. The number of carbonyl (C=O) groups is 3. The van der Waals surface area contributed by atoms with E-state index < -0.39 is 34.4 Å². The first-order valence-corrected chi connectivity index (χ1v) is 16.3. The monoisotopic (exact) mass is 637 g/mol. The van der Waals surface area contributed by atoms with E-state index in [2.05, 4.69) is 10.6 Å². The van der Waals surface area contributed by atoms with E-state index in [1.165, 1.54) is 16.2 Å². The molecule has 3 heterocycles. The van der Waals surface area contributed by atoms with E-state index >= 15 is 0 Å². The lowest BCUT2D eigenvalue weighted by atomic mass is 10.0. The number of nitrogen functional groups attached to an aromatic ring is 1. The van der Waals surface area contributed by atoms with Crippen molar-refractivity contribution in [1.29, 1.82) is 5.41 Å². The van der Waals surface area contributed by atoms with Gasteiger partial charge in [0.1, 0.15) is 11.9 Å². The third kappa shape index (κ3) is 7.07. The van der Waals surface area contributed by atoms with Gasteiger partial charge in [-0.2, -0.15) is 0 Å². The minimum Gasteiger partial charge on any atom is -0.384 e. The molecule has 3 aromatic rings. The Kier molecular flexibility index (Phi) is 9.59. The zero-order chi connectivity index (χ0) is 31.4. The summed E-state index contributed by atoms with van der Waals surface area (Å²) in [6.07, 6.45) is 0.178. The number of rotatable bonds is 10. The van der Waals surface area contributed by atoms with Gasteiger partial charge in [0, 0.05) is 38.0 Å². The summed E-state index contributed by atoms with van der Waals surface area (Å²) in [7, 11) is -1.06. The second-order valence-electron chi connectivity index (χ2n) is 10.9. The number of nitrogens with two attached hydrogens (primary N) is 1. The van der Waals surface area contributed by atoms with Gasteiger partial charge in [-0.25, -0.2) is 0 Å². The van der Waals surface area contributed by atoms with Gasteiger partial charge in [-0.3, -0.25) is 24.0 Å². The molecule has 5 N–H and O–H groups in total.